The van der Waals surface area contributed by atoms with Gasteiger partial charge in [-0.1, -0.05) is 6.07 Å². The number of hydrogen-bond donors (Lipinski definition) is 2. The van der Waals surface area contributed by atoms with Gasteiger partial charge >= 0.3 is 0 Å². The van der Waals surface area contributed by atoms with Crippen molar-refractivity contribution in [3.8, 4) is 0 Å². The lowest BCUT2D eigenvalue weighted by Gasteiger charge is -2.16. The molecule has 0 fully saturated rings. The van der Waals surface area contributed by atoms with E-state index in [-0.39, 0.29) is 18.9 Å². The number of aryl methyl sites for hydroxylation is 2. The highest BCUT2D eigenvalue weighted by atomic mass is 16.2. The number of amides is 2. The van der Waals surface area contributed by atoms with Crippen LogP contribution in [0.15, 0.2) is 12.1 Å². The third kappa shape index (κ3) is 2.22. The number of nitrogens with two attached hydrogens (primary N) is 1. The second-order valence-electron chi connectivity index (χ2n) is 4.58. The smallest absolute Gasteiger partial charge is 0.299 e. The fourth-order valence-corrected chi connectivity index (χ4v) is 2.30. The highest BCUT2D eigenvalue weighted by Gasteiger charge is 2.37. The predicted octanol–water partition coefficient (Wildman–Crippen LogP) is 0.213. The van der Waals surface area contributed by atoms with Crippen LogP contribution in [0.1, 0.15) is 27.9 Å². The van der Waals surface area contributed by atoms with Crippen LogP contribution in [0.5, 0.6) is 0 Å². The molecule has 0 saturated carbocycles. The summed E-state index contributed by atoms with van der Waals surface area (Å²) >= 11 is 0. The van der Waals surface area contributed by atoms with Crippen molar-refractivity contribution in [3.63, 3.8) is 0 Å². The van der Waals surface area contributed by atoms with E-state index in [1.165, 1.54) is 4.90 Å². The Kier molecular flexibility index (Phi) is 3.35. The normalized spacial score (nSPS) is 13.7. The summed E-state index contributed by atoms with van der Waals surface area (Å²) in [6.45, 7) is 3.84. The minimum absolute atomic E-state index is 0.0575. The Morgan fingerprint density at radius 1 is 1.32 bits per heavy atom. The van der Waals surface area contributed by atoms with Crippen molar-refractivity contribution >= 4 is 23.3 Å². The maximum Gasteiger partial charge on any atom is 0.299 e. The maximum absolute atomic E-state index is 11.9. The number of carbonyl (C=O) groups excluding carboxylic acids is 3. The monoisotopic (exact) mass is 261 g/mol. The van der Waals surface area contributed by atoms with Crippen LogP contribution in [0.4, 0.5) is 5.69 Å². The lowest BCUT2D eigenvalue weighted by molar-refractivity contribution is -0.121. The lowest BCUT2D eigenvalue weighted by atomic mass is 10.0. The minimum Gasteiger partial charge on any atom is -0.304 e. The minimum atomic E-state index is -0.589. The zero-order valence-electron chi connectivity index (χ0n) is 10.8. The Morgan fingerprint density at radius 3 is 2.63 bits per heavy atom. The van der Waals surface area contributed by atoms with Gasteiger partial charge in [0.1, 0.15) is 0 Å². The van der Waals surface area contributed by atoms with Gasteiger partial charge in [-0.15, -0.1) is 0 Å². The number of fused-ring (bicyclic) bond motifs is 1. The van der Waals surface area contributed by atoms with Crippen molar-refractivity contribution in [2.24, 2.45) is 5.84 Å². The van der Waals surface area contributed by atoms with E-state index in [0.717, 1.165) is 11.1 Å². The van der Waals surface area contributed by atoms with Crippen LogP contribution >= 0.6 is 0 Å². The van der Waals surface area contributed by atoms with Gasteiger partial charge in [-0.05, 0) is 31.0 Å². The maximum atomic E-state index is 11.9. The number of nitrogens with zero attached hydrogens (tertiary/aromatic N) is 1. The van der Waals surface area contributed by atoms with E-state index in [1.54, 1.807) is 13.0 Å². The van der Waals surface area contributed by atoms with Gasteiger partial charge < -0.3 is 4.90 Å². The number of carbonyl (C=O) groups is 3. The Labute approximate surface area is 110 Å². The molecule has 0 saturated heterocycles. The number of rotatable bonds is 3. The molecule has 2 amide bonds. The molecule has 0 unspecified atom stereocenters. The van der Waals surface area contributed by atoms with E-state index in [1.807, 2.05) is 18.4 Å². The Bertz CT molecular complexity index is 581. The predicted molar refractivity (Wildman–Crippen MR) is 69.5 cm³/mol. The number of anilines is 1. The molecule has 0 spiro atoms. The zero-order chi connectivity index (χ0) is 14.2. The third-order valence-electron chi connectivity index (χ3n) is 3.14. The van der Waals surface area contributed by atoms with Crippen molar-refractivity contribution in [1.82, 2.24) is 5.43 Å². The number of benzene rings is 1. The molecule has 6 nitrogen and oxygen atoms in total. The fraction of sp³-hybridized carbons (Fsp3) is 0.308. The van der Waals surface area contributed by atoms with Crippen LogP contribution in [0.25, 0.3) is 0 Å². The molecule has 3 N–H and O–H groups in total. The van der Waals surface area contributed by atoms with E-state index in [4.69, 9.17) is 5.84 Å². The summed E-state index contributed by atoms with van der Waals surface area (Å²) in [5.41, 5.74) is 4.76. The van der Waals surface area contributed by atoms with Crippen molar-refractivity contribution < 1.29 is 14.4 Å². The fourth-order valence-electron chi connectivity index (χ4n) is 2.30. The average Bonchev–Trinajstić information content (AvgIpc) is 2.59. The molecule has 19 heavy (non-hydrogen) atoms. The summed E-state index contributed by atoms with van der Waals surface area (Å²) < 4.78 is 0. The highest BCUT2D eigenvalue weighted by Crippen LogP contribution is 2.32. The van der Waals surface area contributed by atoms with Crippen molar-refractivity contribution in [2.75, 3.05) is 11.4 Å². The topological polar surface area (TPSA) is 92.5 Å². The van der Waals surface area contributed by atoms with Gasteiger partial charge in [-0.3, -0.25) is 19.8 Å². The van der Waals surface area contributed by atoms with Crippen molar-refractivity contribution in [2.45, 2.75) is 20.3 Å². The Morgan fingerprint density at radius 2 is 2.00 bits per heavy atom. The summed E-state index contributed by atoms with van der Waals surface area (Å²) in [5, 5.41) is 0. The van der Waals surface area contributed by atoms with Gasteiger partial charge in [-0.2, -0.15) is 0 Å². The van der Waals surface area contributed by atoms with E-state index < -0.39 is 11.7 Å². The first-order chi connectivity index (χ1) is 8.95. The molecule has 1 aromatic rings. The first kappa shape index (κ1) is 13.2. The summed E-state index contributed by atoms with van der Waals surface area (Å²) in [6.07, 6.45) is 0.0575. The first-order valence-electron chi connectivity index (χ1n) is 5.92. The van der Waals surface area contributed by atoms with Gasteiger partial charge in [0, 0.05) is 13.0 Å². The molecule has 0 bridgehead atoms. The van der Waals surface area contributed by atoms with E-state index in [9.17, 15) is 14.4 Å². The standard InChI is InChI=1S/C13H15N3O3/c1-7-5-8(2)11-9(6-7)16(13(19)12(11)18)4-3-10(17)15-14/h5-6H,3-4,14H2,1-2H3,(H,15,17). The van der Waals surface area contributed by atoms with Gasteiger partial charge in [0.05, 0.1) is 11.3 Å². The molecule has 0 atom stereocenters. The van der Waals surface area contributed by atoms with Gasteiger partial charge in [0.2, 0.25) is 5.91 Å². The highest BCUT2D eigenvalue weighted by molar-refractivity contribution is 6.52. The van der Waals surface area contributed by atoms with Crippen LogP contribution in [0.2, 0.25) is 0 Å². The molecular weight excluding hydrogens is 246 g/mol. The van der Waals surface area contributed by atoms with Crippen LogP contribution in [-0.2, 0) is 9.59 Å². The molecule has 0 radical (unpaired) electrons. The molecule has 6 heteroatoms. The Balaban J connectivity index is 2.36. The molecule has 1 heterocycles. The molecule has 100 valence electrons. The molecule has 0 aliphatic carbocycles. The quantitative estimate of drug-likeness (QED) is 0.352. The van der Waals surface area contributed by atoms with Crippen LogP contribution < -0.4 is 16.2 Å². The molecule has 0 aromatic heterocycles. The number of Topliss-reactive ketones (excluding diaryl/α,β-unsaturated/α-hetero) is 1. The summed E-state index contributed by atoms with van der Waals surface area (Å²) in [6, 6.07) is 3.64. The largest absolute Gasteiger partial charge is 0.304 e. The zero-order valence-corrected chi connectivity index (χ0v) is 10.8. The van der Waals surface area contributed by atoms with Gasteiger partial charge in [-0.25, -0.2) is 5.84 Å². The van der Waals surface area contributed by atoms with E-state index in [0.29, 0.717) is 11.3 Å². The first-order valence-corrected chi connectivity index (χ1v) is 5.92. The average molecular weight is 261 g/mol. The third-order valence-corrected chi connectivity index (χ3v) is 3.14. The van der Waals surface area contributed by atoms with Crippen LogP contribution in [-0.4, -0.2) is 24.1 Å². The van der Waals surface area contributed by atoms with E-state index in [2.05, 4.69) is 0 Å². The van der Waals surface area contributed by atoms with Crippen LogP contribution in [0, 0.1) is 13.8 Å². The number of nitrogens with one attached hydrogen (secondary N) is 1. The van der Waals surface area contributed by atoms with Gasteiger partial charge in [0.25, 0.3) is 11.7 Å². The van der Waals surface area contributed by atoms with Crippen molar-refractivity contribution in [1.29, 1.82) is 0 Å². The molecule has 1 aromatic carbocycles. The molecule has 2 rings (SSSR count). The van der Waals surface area contributed by atoms with Crippen LogP contribution in [0.3, 0.4) is 0 Å². The summed E-state index contributed by atoms with van der Waals surface area (Å²) in [4.78, 5) is 36.4. The second-order valence-corrected chi connectivity index (χ2v) is 4.58. The molecule has 1 aliphatic rings. The number of hydrogen-bond acceptors (Lipinski definition) is 4. The molecule has 1 aliphatic heterocycles. The summed E-state index contributed by atoms with van der Waals surface area (Å²) in [5.74, 6) is 3.51. The van der Waals surface area contributed by atoms with E-state index >= 15 is 0 Å². The Hall–Kier alpha value is -2.21. The lowest BCUT2D eigenvalue weighted by Crippen LogP contribution is -2.36. The van der Waals surface area contributed by atoms with Gasteiger partial charge in [0.15, 0.2) is 0 Å². The number of hydrazine groups is 1. The molecular formula is C13H15N3O3. The summed E-state index contributed by atoms with van der Waals surface area (Å²) in [7, 11) is 0. The van der Waals surface area contributed by atoms with Crippen molar-refractivity contribution in [3.05, 3.63) is 28.8 Å². The second kappa shape index (κ2) is 4.81. The SMILES string of the molecule is Cc1cc(C)c2c(c1)N(CCC(=O)NN)C(=O)C2=O. The number of ketones is 1.